The smallest absolute Gasteiger partial charge is 0.246 e. The molecule has 2 rings (SSSR count). The van der Waals surface area contributed by atoms with E-state index in [-0.39, 0.29) is 5.69 Å². The number of hydrogen-bond acceptors (Lipinski definition) is 3. The first kappa shape index (κ1) is 15.5. The number of nitrogens with one attached hydrogen (secondary N) is 1. The monoisotopic (exact) mass is 308 g/mol. The summed E-state index contributed by atoms with van der Waals surface area (Å²) in [7, 11) is -4.03. The number of anilines is 1. The van der Waals surface area contributed by atoms with E-state index in [1.807, 2.05) is 31.2 Å². The molecule has 1 atom stereocenters. The van der Waals surface area contributed by atoms with Crippen LogP contribution in [0, 0.1) is 12.7 Å². The van der Waals surface area contributed by atoms with Gasteiger partial charge in [0.15, 0.2) is 0 Å². The molecule has 112 valence electrons. The maximum absolute atomic E-state index is 13.8. The van der Waals surface area contributed by atoms with Crippen LogP contribution < -0.4 is 10.5 Å². The molecule has 2 aromatic rings. The highest BCUT2D eigenvalue weighted by Crippen LogP contribution is 2.24. The average Bonchev–Trinajstić information content (AvgIpc) is 2.38. The Morgan fingerprint density at radius 1 is 1.14 bits per heavy atom. The lowest BCUT2D eigenvalue weighted by molar-refractivity contribution is 0.548. The molecule has 0 saturated heterocycles. The molecular weight excluding hydrogens is 291 g/mol. The van der Waals surface area contributed by atoms with Crippen molar-refractivity contribution >= 4 is 15.7 Å². The topological polar surface area (TPSA) is 72.2 Å². The molecule has 0 aliphatic carbocycles. The second-order valence-electron chi connectivity index (χ2n) is 4.91. The van der Waals surface area contributed by atoms with Crippen LogP contribution in [0.3, 0.4) is 0 Å². The van der Waals surface area contributed by atoms with E-state index in [1.165, 1.54) is 12.1 Å². The van der Waals surface area contributed by atoms with Gasteiger partial charge in [0.1, 0.15) is 10.7 Å². The summed E-state index contributed by atoms with van der Waals surface area (Å²) in [6, 6.07) is 10.7. The van der Waals surface area contributed by atoms with E-state index in [4.69, 9.17) is 5.73 Å². The first-order valence-electron chi connectivity index (χ1n) is 6.44. The summed E-state index contributed by atoms with van der Waals surface area (Å²) in [5, 5.41) is 0. The highest BCUT2D eigenvalue weighted by molar-refractivity contribution is 7.89. The summed E-state index contributed by atoms with van der Waals surface area (Å²) in [5.74, 6) is -0.862. The van der Waals surface area contributed by atoms with Crippen LogP contribution in [-0.4, -0.2) is 8.42 Å². The van der Waals surface area contributed by atoms with Crippen molar-refractivity contribution in [2.24, 2.45) is 0 Å². The summed E-state index contributed by atoms with van der Waals surface area (Å²) in [6.07, 6.45) is 0. The van der Waals surface area contributed by atoms with Crippen molar-refractivity contribution in [1.29, 1.82) is 0 Å². The van der Waals surface area contributed by atoms with Crippen LogP contribution in [0.25, 0.3) is 0 Å². The van der Waals surface area contributed by atoms with Crippen molar-refractivity contribution < 1.29 is 12.8 Å². The van der Waals surface area contributed by atoms with E-state index in [2.05, 4.69) is 4.72 Å². The van der Waals surface area contributed by atoms with Gasteiger partial charge < -0.3 is 5.73 Å². The van der Waals surface area contributed by atoms with Gasteiger partial charge in [-0.3, -0.25) is 0 Å². The highest BCUT2D eigenvalue weighted by Gasteiger charge is 2.24. The van der Waals surface area contributed by atoms with E-state index in [0.29, 0.717) is 0 Å². The highest BCUT2D eigenvalue weighted by atomic mass is 32.2. The van der Waals surface area contributed by atoms with Crippen LogP contribution in [0.15, 0.2) is 47.4 Å². The van der Waals surface area contributed by atoms with Crippen molar-refractivity contribution in [2.75, 3.05) is 5.73 Å². The molecule has 6 heteroatoms. The molecule has 21 heavy (non-hydrogen) atoms. The van der Waals surface area contributed by atoms with Gasteiger partial charge in [0.2, 0.25) is 10.0 Å². The maximum Gasteiger partial charge on any atom is 0.246 e. The van der Waals surface area contributed by atoms with E-state index >= 15 is 0 Å². The Bertz CT molecular complexity index is 723. The van der Waals surface area contributed by atoms with E-state index in [0.717, 1.165) is 17.2 Å². The second kappa shape index (κ2) is 5.83. The molecule has 0 heterocycles. The summed E-state index contributed by atoms with van der Waals surface area (Å²) < 4.78 is 40.8. The molecule has 4 nitrogen and oxygen atoms in total. The Kier molecular flexibility index (Phi) is 4.29. The zero-order chi connectivity index (χ0) is 15.6. The van der Waals surface area contributed by atoms with Crippen LogP contribution in [0.2, 0.25) is 0 Å². The minimum absolute atomic E-state index is 0.112. The second-order valence-corrected chi connectivity index (χ2v) is 6.56. The zero-order valence-electron chi connectivity index (χ0n) is 11.8. The van der Waals surface area contributed by atoms with Crippen LogP contribution in [0.4, 0.5) is 10.1 Å². The largest absolute Gasteiger partial charge is 0.398 e. The summed E-state index contributed by atoms with van der Waals surface area (Å²) in [4.78, 5) is -0.510. The van der Waals surface area contributed by atoms with Crippen LogP contribution in [0.5, 0.6) is 0 Å². The number of rotatable bonds is 4. The molecular formula is C15H17FN2O2S. The third kappa shape index (κ3) is 3.40. The van der Waals surface area contributed by atoms with Crippen LogP contribution in [-0.2, 0) is 10.0 Å². The molecule has 0 fully saturated rings. The Balaban J connectivity index is 2.31. The first-order valence-corrected chi connectivity index (χ1v) is 7.92. The molecule has 0 bridgehead atoms. The molecule has 0 aliphatic rings. The SMILES string of the molecule is Cc1ccc(C(C)NS(=O)(=O)c2c(N)cccc2F)cc1. The summed E-state index contributed by atoms with van der Waals surface area (Å²) in [6.45, 7) is 3.64. The van der Waals surface area contributed by atoms with E-state index < -0.39 is 26.8 Å². The van der Waals surface area contributed by atoms with Gasteiger partial charge in [0.25, 0.3) is 0 Å². The number of aryl methyl sites for hydroxylation is 1. The van der Waals surface area contributed by atoms with Crippen molar-refractivity contribution in [3.05, 3.63) is 59.4 Å². The molecule has 3 N–H and O–H groups in total. The van der Waals surface area contributed by atoms with Gasteiger partial charge in [-0.25, -0.2) is 17.5 Å². The molecule has 0 saturated carbocycles. The zero-order valence-corrected chi connectivity index (χ0v) is 12.6. The maximum atomic E-state index is 13.8. The van der Waals surface area contributed by atoms with Crippen LogP contribution >= 0.6 is 0 Å². The molecule has 0 spiro atoms. The van der Waals surface area contributed by atoms with Gasteiger partial charge in [-0.2, -0.15) is 0 Å². The lowest BCUT2D eigenvalue weighted by Gasteiger charge is -2.16. The number of halogens is 1. The fourth-order valence-electron chi connectivity index (χ4n) is 2.02. The number of nitrogen functional groups attached to an aromatic ring is 1. The van der Waals surface area contributed by atoms with Gasteiger partial charge in [-0.05, 0) is 31.5 Å². The molecule has 2 aromatic carbocycles. The van der Waals surface area contributed by atoms with Crippen molar-refractivity contribution in [3.63, 3.8) is 0 Å². The van der Waals surface area contributed by atoms with Gasteiger partial charge in [-0.1, -0.05) is 35.9 Å². The van der Waals surface area contributed by atoms with Crippen molar-refractivity contribution in [1.82, 2.24) is 4.72 Å². The Morgan fingerprint density at radius 2 is 1.76 bits per heavy atom. The van der Waals surface area contributed by atoms with Crippen molar-refractivity contribution in [3.8, 4) is 0 Å². The molecule has 0 aromatic heterocycles. The number of benzene rings is 2. The summed E-state index contributed by atoms with van der Waals surface area (Å²) in [5.41, 5.74) is 7.34. The molecule has 0 radical (unpaired) electrons. The predicted octanol–water partition coefficient (Wildman–Crippen LogP) is 2.76. The molecule has 0 aliphatic heterocycles. The van der Waals surface area contributed by atoms with Gasteiger partial charge in [-0.15, -0.1) is 0 Å². The van der Waals surface area contributed by atoms with E-state index in [9.17, 15) is 12.8 Å². The van der Waals surface area contributed by atoms with Gasteiger partial charge in [0, 0.05) is 6.04 Å². The third-order valence-electron chi connectivity index (χ3n) is 3.18. The van der Waals surface area contributed by atoms with Gasteiger partial charge in [0.05, 0.1) is 5.69 Å². The average molecular weight is 308 g/mol. The quantitative estimate of drug-likeness (QED) is 0.853. The van der Waals surface area contributed by atoms with Crippen LogP contribution in [0.1, 0.15) is 24.1 Å². The first-order chi connectivity index (χ1) is 9.81. The molecule has 1 unspecified atom stereocenters. The summed E-state index contributed by atoms with van der Waals surface area (Å²) >= 11 is 0. The normalized spacial score (nSPS) is 13.1. The standard InChI is InChI=1S/C15H17FN2O2S/c1-10-6-8-12(9-7-10)11(2)18-21(19,20)15-13(16)4-3-5-14(15)17/h3-9,11,18H,17H2,1-2H3. The Hall–Kier alpha value is -1.92. The fraction of sp³-hybridized carbons (Fsp3) is 0.200. The Morgan fingerprint density at radius 3 is 2.33 bits per heavy atom. The predicted molar refractivity (Wildman–Crippen MR) is 80.7 cm³/mol. The van der Waals surface area contributed by atoms with Gasteiger partial charge >= 0.3 is 0 Å². The third-order valence-corrected chi connectivity index (χ3v) is 4.81. The minimum atomic E-state index is -4.03. The lowest BCUT2D eigenvalue weighted by atomic mass is 10.1. The number of hydrogen-bond donors (Lipinski definition) is 2. The number of sulfonamides is 1. The van der Waals surface area contributed by atoms with Crippen molar-refractivity contribution in [2.45, 2.75) is 24.8 Å². The number of nitrogens with two attached hydrogens (primary N) is 1. The van der Waals surface area contributed by atoms with E-state index in [1.54, 1.807) is 6.92 Å². The molecule has 0 amide bonds. The fourth-order valence-corrected chi connectivity index (χ4v) is 3.45. The lowest BCUT2D eigenvalue weighted by Crippen LogP contribution is -2.28. The minimum Gasteiger partial charge on any atom is -0.398 e. The Labute approximate surface area is 123 Å².